The van der Waals surface area contributed by atoms with Gasteiger partial charge in [-0.3, -0.25) is 9.59 Å². The van der Waals surface area contributed by atoms with E-state index in [1.807, 2.05) is 44.2 Å². The van der Waals surface area contributed by atoms with Crippen molar-refractivity contribution < 1.29 is 19.1 Å². The zero-order valence-electron chi connectivity index (χ0n) is 13.8. The lowest BCUT2D eigenvalue weighted by Gasteiger charge is -2.25. The molecule has 0 unspecified atom stereocenters. The zero-order chi connectivity index (χ0) is 16.7. The van der Waals surface area contributed by atoms with E-state index in [1.165, 1.54) is 0 Å². The van der Waals surface area contributed by atoms with E-state index >= 15 is 0 Å². The molecule has 3 atom stereocenters. The van der Waals surface area contributed by atoms with Gasteiger partial charge in [-0.2, -0.15) is 0 Å². The summed E-state index contributed by atoms with van der Waals surface area (Å²) in [5, 5.41) is 3.14. The molecule has 1 heterocycles. The lowest BCUT2D eigenvalue weighted by atomic mass is 9.88. The number of esters is 2. The third-order valence-corrected chi connectivity index (χ3v) is 5.46. The zero-order valence-corrected chi connectivity index (χ0v) is 13.8. The van der Waals surface area contributed by atoms with Crippen molar-refractivity contribution in [1.82, 2.24) is 5.32 Å². The van der Waals surface area contributed by atoms with E-state index in [2.05, 4.69) is 5.32 Å². The van der Waals surface area contributed by atoms with Crippen molar-refractivity contribution in [3.8, 4) is 0 Å². The molecule has 2 fully saturated rings. The Morgan fingerprint density at radius 1 is 1.22 bits per heavy atom. The number of carbonyl (C=O) groups excluding carboxylic acids is 2. The quantitative estimate of drug-likeness (QED) is 0.841. The van der Waals surface area contributed by atoms with Crippen LogP contribution in [0.5, 0.6) is 0 Å². The molecule has 0 aromatic heterocycles. The van der Waals surface area contributed by atoms with Gasteiger partial charge in [-0.05, 0) is 23.8 Å². The molecule has 0 amide bonds. The maximum Gasteiger partial charge on any atom is 0.324 e. The van der Waals surface area contributed by atoms with Gasteiger partial charge in [-0.15, -0.1) is 0 Å². The van der Waals surface area contributed by atoms with E-state index in [0.29, 0.717) is 13.2 Å². The first-order chi connectivity index (χ1) is 11.0. The largest absolute Gasteiger partial charge is 0.465 e. The van der Waals surface area contributed by atoms with Gasteiger partial charge in [0, 0.05) is 6.54 Å². The van der Waals surface area contributed by atoms with Gasteiger partial charge in [-0.1, -0.05) is 44.2 Å². The van der Waals surface area contributed by atoms with E-state index in [-0.39, 0.29) is 29.9 Å². The van der Waals surface area contributed by atoms with Crippen LogP contribution in [0.1, 0.15) is 26.3 Å². The van der Waals surface area contributed by atoms with Crippen molar-refractivity contribution in [3.05, 3.63) is 35.9 Å². The van der Waals surface area contributed by atoms with Gasteiger partial charge in [0.05, 0.1) is 6.61 Å². The van der Waals surface area contributed by atoms with E-state index in [1.54, 1.807) is 6.92 Å². The smallest absolute Gasteiger partial charge is 0.324 e. The van der Waals surface area contributed by atoms with Crippen LogP contribution >= 0.6 is 0 Å². The molecule has 5 nitrogen and oxygen atoms in total. The summed E-state index contributed by atoms with van der Waals surface area (Å²) in [6.45, 7) is 6.97. The van der Waals surface area contributed by atoms with Crippen molar-refractivity contribution in [1.29, 1.82) is 0 Å². The third kappa shape index (κ3) is 2.26. The molecule has 0 bridgehead atoms. The molecular formula is C18H23NO4. The highest BCUT2D eigenvalue weighted by Crippen LogP contribution is 2.73. The van der Waals surface area contributed by atoms with Crippen LogP contribution in [0.4, 0.5) is 0 Å². The number of hydrogen-bond donors (Lipinski definition) is 1. The minimum absolute atomic E-state index is 0.104. The summed E-state index contributed by atoms with van der Waals surface area (Å²) in [4.78, 5) is 25.1. The van der Waals surface area contributed by atoms with Gasteiger partial charge in [-0.25, -0.2) is 0 Å². The molecule has 3 rings (SSSR count). The van der Waals surface area contributed by atoms with Crippen molar-refractivity contribution >= 4 is 11.9 Å². The number of piperidine rings is 1. The summed E-state index contributed by atoms with van der Waals surface area (Å²) >= 11 is 0. The Bertz CT molecular complexity index is 613. The van der Waals surface area contributed by atoms with Crippen LogP contribution in [0.25, 0.3) is 0 Å². The van der Waals surface area contributed by atoms with E-state index in [4.69, 9.17) is 9.47 Å². The first-order valence-corrected chi connectivity index (χ1v) is 8.07. The minimum atomic E-state index is -0.811. The van der Waals surface area contributed by atoms with Gasteiger partial charge < -0.3 is 14.8 Å². The highest BCUT2D eigenvalue weighted by atomic mass is 16.5. The molecule has 1 aliphatic heterocycles. The molecule has 0 spiro atoms. The molecule has 1 aliphatic carbocycles. The molecular weight excluding hydrogens is 294 g/mol. The number of benzene rings is 1. The van der Waals surface area contributed by atoms with Crippen LogP contribution in [0.3, 0.4) is 0 Å². The standard InChI is InChI=1S/C18H23NO4/c1-4-22-15(20)14-18(13(10-19-14)17(18,2)3)16(21)23-11-12-8-6-5-7-9-12/h5-9,13-14,19H,4,10-11H2,1-3H3/t13-,14+,18+/m0/s1. The van der Waals surface area contributed by atoms with E-state index in [0.717, 1.165) is 5.56 Å². The first kappa shape index (κ1) is 16.0. The van der Waals surface area contributed by atoms with Crippen LogP contribution < -0.4 is 5.32 Å². The molecule has 1 saturated carbocycles. The summed E-state index contributed by atoms with van der Waals surface area (Å²) in [6.07, 6.45) is 0. The molecule has 23 heavy (non-hydrogen) atoms. The molecule has 1 saturated heterocycles. The van der Waals surface area contributed by atoms with Gasteiger partial charge in [0.25, 0.3) is 0 Å². The van der Waals surface area contributed by atoms with E-state index < -0.39 is 11.5 Å². The van der Waals surface area contributed by atoms with Crippen molar-refractivity contribution in [2.45, 2.75) is 33.4 Å². The second-order valence-electron chi connectivity index (χ2n) is 6.80. The number of ether oxygens (including phenoxy) is 2. The molecule has 2 aliphatic rings. The fourth-order valence-corrected chi connectivity index (χ4v) is 4.15. The summed E-state index contributed by atoms with van der Waals surface area (Å²) in [5.41, 5.74) is -0.136. The second-order valence-corrected chi connectivity index (χ2v) is 6.80. The average Bonchev–Trinajstić information content (AvgIpc) is 2.87. The monoisotopic (exact) mass is 317 g/mol. The molecule has 5 heteroatoms. The Morgan fingerprint density at radius 3 is 2.52 bits per heavy atom. The number of hydrogen-bond acceptors (Lipinski definition) is 5. The van der Waals surface area contributed by atoms with Crippen molar-refractivity contribution in [2.24, 2.45) is 16.7 Å². The number of nitrogens with one attached hydrogen (secondary N) is 1. The second kappa shape index (κ2) is 5.64. The summed E-state index contributed by atoms with van der Waals surface area (Å²) < 4.78 is 10.7. The van der Waals surface area contributed by atoms with Crippen molar-refractivity contribution in [3.63, 3.8) is 0 Å². The summed E-state index contributed by atoms with van der Waals surface area (Å²) in [5.74, 6) is -0.565. The fourth-order valence-electron chi connectivity index (χ4n) is 4.15. The Kier molecular flexibility index (Phi) is 3.92. The number of fused-ring (bicyclic) bond motifs is 1. The Hall–Kier alpha value is -1.88. The predicted molar refractivity (Wildman–Crippen MR) is 84.4 cm³/mol. The molecule has 1 aromatic carbocycles. The topological polar surface area (TPSA) is 64.6 Å². The first-order valence-electron chi connectivity index (χ1n) is 8.07. The van der Waals surface area contributed by atoms with Gasteiger partial charge in [0.15, 0.2) is 0 Å². The lowest BCUT2D eigenvalue weighted by molar-refractivity contribution is -0.161. The third-order valence-electron chi connectivity index (χ3n) is 5.46. The Labute approximate surface area is 136 Å². The molecule has 0 radical (unpaired) electrons. The normalized spacial score (nSPS) is 30.4. The van der Waals surface area contributed by atoms with Gasteiger partial charge >= 0.3 is 11.9 Å². The maximum atomic E-state index is 12.8. The maximum absolute atomic E-state index is 12.8. The van der Waals surface area contributed by atoms with Crippen LogP contribution in [0.2, 0.25) is 0 Å². The van der Waals surface area contributed by atoms with Gasteiger partial charge in [0.1, 0.15) is 18.1 Å². The fraction of sp³-hybridized carbons (Fsp3) is 0.556. The van der Waals surface area contributed by atoms with Crippen LogP contribution in [0, 0.1) is 16.7 Å². The molecule has 1 N–H and O–H groups in total. The number of rotatable bonds is 5. The van der Waals surface area contributed by atoms with Crippen LogP contribution in [-0.2, 0) is 25.7 Å². The van der Waals surface area contributed by atoms with Crippen LogP contribution in [-0.4, -0.2) is 31.1 Å². The van der Waals surface area contributed by atoms with Gasteiger partial charge in [0.2, 0.25) is 0 Å². The minimum Gasteiger partial charge on any atom is -0.465 e. The van der Waals surface area contributed by atoms with Crippen molar-refractivity contribution in [2.75, 3.05) is 13.2 Å². The average molecular weight is 317 g/mol. The lowest BCUT2D eigenvalue weighted by Crippen LogP contribution is -2.48. The Morgan fingerprint density at radius 2 is 1.91 bits per heavy atom. The van der Waals surface area contributed by atoms with E-state index in [9.17, 15) is 9.59 Å². The Balaban J connectivity index is 1.77. The molecule has 1 aromatic rings. The summed E-state index contributed by atoms with van der Waals surface area (Å²) in [6, 6.07) is 8.94. The SMILES string of the molecule is CCOC(=O)[C@H]1NC[C@H]2C(C)(C)[C@@]12C(=O)OCc1ccccc1. The predicted octanol–water partition coefficient (Wildman–Crippen LogP) is 1.91. The highest BCUT2D eigenvalue weighted by molar-refractivity contribution is 5.93. The highest BCUT2D eigenvalue weighted by Gasteiger charge is 2.83. The number of carbonyl (C=O) groups is 2. The van der Waals surface area contributed by atoms with Crippen LogP contribution in [0.15, 0.2) is 30.3 Å². The molecule has 124 valence electrons. The summed E-state index contributed by atoms with van der Waals surface area (Å²) in [7, 11) is 0.